The lowest BCUT2D eigenvalue weighted by Gasteiger charge is -1.94. The Bertz CT molecular complexity index is 427. The van der Waals surface area contributed by atoms with Crippen LogP contribution in [0.2, 0.25) is 0 Å². The van der Waals surface area contributed by atoms with E-state index >= 15 is 0 Å². The molecular formula is C13H20N2. The van der Waals surface area contributed by atoms with Gasteiger partial charge < -0.3 is 4.40 Å². The third kappa shape index (κ3) is 2.58. The zero-order chi connectivity index (χ0) is 11.4. The molecule has 2 aromatic heterocycles. The Labute approximate surface area is 92.0 Å². The van der Waals surface area contributed by atoms with Crippen molar-refractivity contribution in [3.8, 4) is 0 Å². The summed E-state index contributed by atoms with van der Waals surface area (Å²) in [5.74, 6) is 0.500. The van der Waals surface area contributed by atoms with Crippen LogP contribution in [-0.4, -0.2) is 9.38 Å². The molecule has 0 saturated heterocycles. The molecule has 0 bridgehead atoms. The number of imidazole rings is 1. The van der Waals surface area contributed by atoms with E-state index in [4.69, 9.17) is 0 Å². The van der Waals surface area contributed by atoms with Crippen molar-refractivity contribution in [1.29, 1.82) is 0 Å². The molecule has 0 fully saturated rings. The van der Waals surface area contributed by atoms with E-state index in [1.807, 2.05) is 13.8 Å². The Morgan fingerprint density at radius 1 is 1.13 bits per heavy atom. The van der Waals surface area contributed by atoms with Crippen LogP contribution >= 0.6 is 0 Å². The van der Waals surface area contributed by atoms with Gasteiger partial charge in [0.1, 0.15) is 5.65 Å². The number of pyridine rings is 1. The predicted octanol–water partition coefficient (Wildman–Crippen LogP) is 3.79. The highest BCUT2D eigenvalue weighted by atomic mass is 15.0. The molecule has 82 valence electrons. The van der Waals surface area contributed by atoms with Gasteiger partial charge in [-0.2, -0.15) is 0 Å². The molecule has 0 aliphatic rings. The minimum absolute atomic E-state index is 0.500. The van der Waals surface area contributed by atoms with E-state index < -0.39 is 0 Å². The molecule has 2 nitrogen and oxygen atoms in total. The lowest BCUT2D eigenvalue weighted by Crippen LogP contribution is -1.84. The van der Waals surface area contributed by atoms with Crippen LogP contribution < -0.4 is 0 Å². The fourth-order valence-electron chi connectivity index (χ4n) is 1.40. The summed E-state index contributed by atoms with van der Waals surface area (Å²) in [6.07, 6.45) is 4.21. The second kappa shape index (κ2) is 4.96. The van der Waals surface area contributed by atoms with Gasteiger partial charge in [-0.1, -0.05) is 33.8 Å². The Morgan fingerprint density at radius 3 is 2.40 bits per heavy atom. The lowest BCUT2D eigenvalue weighted by atomic mass is 10.2. The Kier molecular flexibility index (Phi) is 3.89. The van der Waals surface area contributed by atoms with Crippen molar-refractivity contribution in [2.75, 3.05) is 0 Å². The molecule has 2 heterocycles. The summed E-state index contributed by atoms with van der Waals surface area (Å²) in [5, 5.41) is 0. The van der Waals surface area contributed by atoms with Crippen LogP contribution in [-0.2, 0) is 0 Å². The van der Waals surface area contributed by atoms with Crippen molar-refractivity contribution in [2.24, 2.45) is 0 Å². The molecule has 0 N–H and O–H groups in total. The van der Waals surface area contributed by atoms with E-state index in [1.165, 1.54) is 5.56 Å². The van der Waals surface area contributed by atoms with Crippen LogP contribution in [0.4, 0.5) is 0 Å². The minimum Gasteiger partial charge on any atom is -0.307 e. The summed E-state index contributed by atoms with van der Waals surface area (Å²) >= 11 is 0. The fourth-order valence-corrected chi connectivity index (χ4v) is 1.40. The van der Waals surface area contributed by atoms with Crippen LogP contribution in [0, 0.1) is 6.92 Å². The third-order valence-corrected chi connectivity index (χ3v) is 2.21. The van der Waals surface area contributed by atoms with Gasteiger partial charge in [0.2, 0.25) is 0 Å². The molecule has 0 aliphatic carbocycles. The Hall–Kier alpha value is -1.31. The Morgan fingerprint density at radius 2 is 1.80 bits per heavy atom. The molecule has 0 aromatic carbocycles. The average molecular weight is 204 g/mol. The molecule has 0 unspecified atom stereocenters. The molecule has 15 heavy (non-hydrogen) atoms. The smallest absolute Gasteiger partial charge is 0.136 e. The maximum Gasteiger partial charge on any atom is 0.136 e. The van der Waals surface area contributed by atoms with Crippen LogP contribution in [0.15, 0.2) is 24.5 Å². The first-order chi connectivity index (χ1) is 7.16. The monoisotopic (exact) mass is 204 g/mol. The highest BCUT2D eigenvalue weighted by Crippen LogP contribution is 2.14. The number of hydrogen-bond donors (Lipinski definition) is 0. The quantitative estimate of drug-likeness (QED) is 0.690. The lowest BCUT2D eigenvalue weighted by molar-refractivity contribution is 0.834. The van der Waals surface area contributed by atoms with E-state index in [0.717, 1.165) is 11.3 Å². The topological polar surface area (TPSA) is 17.3 Å². The van der Waals surface area contributed by atoms with Crippen LogP contribution in [0.5, 0.6) is 0 Å². The van der Waals surface area contributed by atoms with Gasteiger partial charge in [-0.05, 0) is 24.5 Å². The standard InChI is InChI=1S/C11H14N2.C2H6/c1-8(2)10-7-13-6-9(3)4-5-11(13)12-10;1-2/h4-8H,1-3H3;1-2H3. The van der Waals surface area contributed by atoms with Crippen molar-refractivity contribution in [2.45, 2.75) is 40.5 Å². The first-order valence-corrected chi connectivity index (χ1v) is 5.62. The van der Waals surface area contributed by atoms with Crippen LogP contribution in [0.3, 0.4) is 0 Å². The predicted molar refractivity (Wildman–Crippen MR) is 65.4 cm³/mol. The number of aromatic nitrogens is 2. The molecule has 2 heteroatoms. The van der Waals surface area contributed by atoms with Crippen molar-refractivity contribution in [1.82, 2.24) is 9.38 Å². The van der Waals surface area contributed by atoms with Crippen molar-refractivity contribution in [3.05, 3.63) is 35.8 Å². The highest BCUT2D eigenvalue weighted by Gasteiger charge is 2.04. The maximum absolute atomic E-state index is 4.52. The van der Waals surface area contributed by atoms with Crippen LogP contribution in [0.1, 0.15) is 44.9 Å². The zero-order valence-electron chi connectivity index (χ0n) is 10.3. The second-order valence-electron chi connectivity index (χ2n) is 3.79. The first-order valence-electron chi connectivity index (χ1n) is 5.62. The van der Waals surface area contributed by atoms with Crippen LogP contribution in [0.25, 0.3) is 5.65 Å². The zero-order valence-corrected chi connectivity index (χ0v) is 10.3. The summed E-state index contributed by atoms with van der Waals surface area (Å²) in [5.41, 5.74) is 3.46. The summed E-state index contributed by atoms with van der Waals surface area (Å²) in [6.45, 7) is 10.4. The third-order valence-electron chi connectivity index (χ3n) is 2.21. The number of hydrogen-bond acceptors (Lipinski definition) is 1. The SMILES string of the molecule is CC.Cc1ccc2nc(C(C)C)cn2c1. The molecule has 2 aromatic rings. The molecular weight excluding hydrogens is 184 g/mol. The molecule has 0 aliphatic heterocycles. The molecule has 0 spiro atoms. The van der Waals surface area contributed by atoms with Gasteiger partial charge >= 0.3 is 0 Å². The Balaban J connectivity index is 0.000000531. The molecule has 0 radical (unpaired) electrons. The maximum atomic E-state index is 4.52. The van der Waals surface area contributed by atoms with Gasteiger partial charge in [0.25, 0.3) is 0 Å². The minimum atomic E-state index is 0.500. The van der Waals surface area contributed by atoms with E-state index in [1.54, 1.807) is 0 Å². The van der Waals surface area contributed by atoms with E-state index in [0.29, 0.717) is 5.92 Å². The van der Waals surface area contributed by atoms with Gasteiger partial charge in [-0.15, -0.1) is 0 Å². The summed E-state index contributed by atoms with van der Waals surface area (Å²) in [6, 6.07) is 4.15. The van der Waals surface area contributed by atoms with E-state index in [-0.39, 0.29) is 0 Å². The van der Waals surface area contributed by atoms with Gasteiger partial charge in [-0.3, -0.25) is 0 Å². The van der Waals surface area contributed by atoms with Gasteiger partial charge in [0.05, 0.1) is 5.69 Å². The molecule has 0 atom stereocenters. The van der Waals surface area contributed by atoms with Gasteiger partial charge in [0.15, 0.2) is 0 Å². The van der Waals surface area contributed by atoms with Crippen molar-refractivity contribution < 1.29 is 0 Å². The fraction of sp³-hybridized carbons (Fsp3) is 0.462. The number of rotatable bonds is 1. The van der Waals surface area contributed by atoms with Crippen molar-refractivity contribution in [3.63, 3.8) is 0 Å². The number of fused-ring (bicyclic) bond motifs is 1. The largest absolute Gasteiger partial charge is 0.307 e. The first kappa shape index (κ1) is 11.8. The molecule has 2 rings (SSSR count). The number of nitrogens with zero attached hydrogens (tertiary/aromatic N) is 2. The summed E-state index contributed by atoms with van der Waals surface area (Å²) < 4.78 is 2.09. The summed E-state index contributed by atoms with van der Waals surface area (Å²) in [7, 11) is 0. The van der Waals surface area contributed by atoms with Gasteiger partial charge in [0, 0.05) is 12.4 Å². The normalized spacial score (nSPS) is 10.3. The molecule has 0 saturated carbocycles. The number of aryl methyl sites for hydroxylation is 1. The average Bonchev–Trinajstić information content (AvgIpc) is 2.63. The van der Waals surface area contributed by atoms with Gasteiger partial charge in [-0.25, -0.2) is 4.98 Å². The summed E-state index contributed by atoms with van der Waals surface area (Å²) in [4.78, 5) is 4.52. The molecule has 0 amide bonds. The van der Waals surface area contributed by atoms with E-state index in [2.05, 4.69) is 54.7 Å². The van der Waals surface area contributed by atoms with E-state index in [9.17, 15) is 0 Å². The van der Waals surface area contributed by atoms with Crippen molar-refractivity contribution >= 4 is 5.65 Å². The highest BCUT2D eigenvalue weighted by molar-refractivity contribution is 5.41. The second-order valence-corrected chi connectivity index (χ2v) is 3.79.